The lowest BCUT2D eigenvalue weighted by Crippen LogP contribution is -2.10. The van der Waals surface area contributed by atoms with E-state index in [-0.39, 0.29) is 17.2 Å². The Hall–Kier alpha value is -2.45. The third-order valence-electron chi connectivity index (χ3n) is 3.52. The van der Waals surface area contributed by atoms with E-state index in [0.29, 0.717) is 13.0 Å². The first-order chi connectivity index (χ1) is 11.3. The Labute approximate surface area is 140 Å². The first kappa shape index (κ1) is 17.9. The monoisotopic (exact) mass is 350 g/mol. The summed E-state index contributed by atoms with van der Waals surface area (Å²) in [4.78, 5) is 10.3. The molecule has 2 aromatic rings. The summed E-state index contributed by atoms with van der Waals surface area (Å²) >= 11 is 0. The number of anilines is 1. The number of hydrogen-bond donors (Lipinski definition) is 2. The Morgan fingerprint density at radius 2 is 1.75 bits per heavy atom. The lowest BCUT2D eigenvalue weighted by atomic mass is 10.1. The number of benzene rings is 2. The van der Waals surface area contributed by atoms with Crippen molar-refractivity contribution in [2.75, 3.05) is 18.1 Å². The summed E-state index contributed by atoms with van der Waals surface area (Å²) in [6.45, 7) is 0.384. The van der Waals surface area contributed by atoms with Crippen LogP contribution in [0.1, 0.15) is 11.1 Å². The predicted octanol–water partition coefficient (Wildman–Crippen LogP) is 2.15. The minimum absolute atomic E-state index is 0.0248. The molecule has 0 unspecified atom stereocenters. The molecule has 7 nitrogen and oxygen atoms in total. The molecular formula is C16H18N2O5S. The average Bonchev–Trinajstić information content (AvgIpc) is 2.54. The van der Waals surface area contributed by atoms with E-state index >= 15 is 0 Å². The molecular weight excluding hydrogens is 332 g/mol. The van der Waals surface area contributed by atoms with Crippen molar-refractivity contribution >= 4 is 21.2 Å². The Balaban J connectivity index is 2.16. The zero-order chi connectivity index (χ0) is 17.7. The maximum Gasteiger partial charge on any atom is 0.310 e. The highest BCUT2D eigenvalue weighted by Crippen LogP contribution is 2.31. The second-order valence-corrected chi connectivity index (χ2v) is 7.32. The molecule has 128 valence electrons. The molecule has 0 bridgehead atoms. The van der Waals surface area contributed by atoms with Crippen molar-refractivity contribution < 1.29 is 18.4 Å². The van der Waals surface area contributed by atoms with Crippen LogP contribution in [0.5, 0.6) is 0 Å². The van der Waals surface area contributed by atoms with Crippen molar-refractivity contribution in [3.05, 3.63) is 63.7 Å². The molecule has 0 fully saturated rings. The van der Waals surface area contributed by atoms with Gasteiger partial charge in [0, 0.05) is 12.8 Å². The lowest BCUT2D eigenvalue weighted by Gasteiger charge is -2.09. The number of nitro groups is 1. The molecule has 0 radical (unpaired) electrons. The van der Waals surface area contributed by atoms with Crippen molar-refractivity contribution in [3.63, 3.8) is 0 Å². The van der Waals surface area contributed by atoms with Gasteiger partial charge in [0.2, 0.25) is 0 Å². The molecule has 0 atom stereocenters. The number of sulfone groups is 1. The van der Waals surface area contributed by atoms with E-state index in [0.717, 1.165) is 17.4 Å². The number of nitrogens with one attached hydrogen (secondary N) is 1. The maximum absolute atomic E-state index is 11.7. The molecule has 0 aliphatic rings. The number of hydrogen-bond acceptors (Lipinski definition) is 6. The molecule has 0 heterocycles. The fraction of sp³-hybridized carbons (Fsp3) is 0.250. The van der Waals surface area contributed by atoms with Crippen molar-refractivity contribution in [2.24, 2.45) is 0 Å². The Kier molecular flexibility index (Phi) is 5.53. The van der Waals surface area contributed by atoms with Crippen molar-refractivity contribution in [1.82, 2.24) is 0 Å². The first-order valence-electron chi connectivity index (χ1n) is 7.23. The SMILES string of the molecule is CS(=O)(=O)c1cccc(NCCc2ccc(CO)cc2)c1[N+](=O)[O-]. The van der Waals surface area contributed by atoms with Gasteiger partial charge in [-0.25, -0.2) is 8.42 Å². The first-order valence-corrected chi connectivity index (χ1v) is 9.12. The van der Waals surface area contributed by atoms with Gasteiger partial charge in [0.25, 0.3) is 0 Å². The number of nitro benzene ring substituents is 1. The second-order valence-electron chi connectivity index (χ2n) is 5.33. The molecule has 24 heavy (non-hydrogen) atoms. The molecule has 0 spiro atoms. The van der Waals surface area contributed by atoms with Crippen LogP contribution in [-0.4, -0.2) is 31.2 Å². The molecule has 0 aromatic heterocycles. The van der Waals surface area contributed by atoms with Gasteiger partial charge in [0.05, 0.1) is 11.5 Å². The summed E-state index contributed by atoms with van der Waals surface area (Å²) in [5, 5.41) is 23.2. The van der Waals surface area contributed by atoms with Crippen LogP contribution in [0, 0.1) is 10.1 Å². The quantitative estimate of drug-likeness (QED) is 0.585. The third kappa shape index (κ3) is 4.30. The van der Waals surface area contributed by atoms with Gasteiger partial charge in [-0.2, -0.15) is 0 Å². The predicted molar refractivity (Wildman–Crippen MR) is 90.8 cm³/mol. The third-order valence-corrected chi connectivity index (χ3v) is 4.64. The van der Waals surface area contributed by atoms with Crippen LogP contribution in [0.2, 0.25) is 0 Å². The number of nitrogens with zero attached hydrogens (tertiary/aromatic N) is 1. The minimum atomic E-state index is -3.69. The van der Waals surface area contributed by atoms with Gasteiger partial charge in [-0.3, -0.25) is 10.1 Å². The van der Waals surface area contributed by atoms with Crippen LogP contribution in [0.25, 0.3) is 0 Å². The Morgan fingerprint density at radius 3 is 2.29 bits per heavy atom. The van der Waals surface area contributed by atoms with Gasteiger partial charge in [-0.05, 0) is 29.7 Å². The van der Waals surface area contributed by atoms with Gasteiger partial charge < -0.3 is 10.4 Å². The molecule has 0 aliphatic carbocycles. The Bertz CT molecular complexity index is 832. The van der Waals surface area contributed by atoms with Crippen molar-refractivity contribution in [3.8, 4) is 0 Å². The molecule has 2 aromatic carbocycles. The topological polar surface area (TPSA) is 110 Å². The van der Waals surface area contributed by atoms with Gasteiger partial charge in [0.15, 0.2) is 9.84 Å². The zero-order valence-corrected chi connectivity index (χ0v) is 13.9. The highest BCUT2D eigenvalue weighted by Gasteiger charge is 2.25. The molecule has 0 amide bonds. The summed E-state index contributed by atoms with van der Waals surface area (Å²) in [6.07, 6.45) is 1.55. The second kappa shape index (κ2) is 7.41. The smallest absolute Gasteiger partial charge is 0.310 e. The van der Waals surface area contributed by atoms with Gasteiger partial charge in [-0.15, -0.1) is 0 Å². The molecule has 2 rings (SSSR count). The van der Waals surface area contributed by atoms with Crippen LogP contribution < -0.4 is 5.32 Å². The normalized spacial score (nSPS) is 11.2. The van der Waals surface area contributed by atoms with Crippen LogP contribution in [0.3, 0.4) is 0 Å². The van der Waals surface area contributed by atoms with Crippen molar-refractivity contribution in [1.29, 1.82) is 0 Å². The zero-order valence-electron chi connectivity index (χ0n) is 13.1. The number of aliphatic hydroxyl groups is 1. The van der Waals surface area contributed by atoms with Crippen LogP contribution in [-0.2, 0) is 22.9 Å². The minimum Gasteiger partial charge on any atom is -0.392 e. The number of para-hydroxylation sites is 1. The van der Waals surface area contributed by atoms with Crippen LogP contribution in [0.4, 0.5) is 11.4 Å². The van der Waals surface area contributed by atoms with E-state index in [1.807, 2.05) is 24.3 Å². The van der Waals surface area contributed by atoms with Gasteiger partial charge >= 0.3 is 5.69 Å². The maximum atomic E-state index is 11.7. The molecule has 2 N–H and O–H groups in total. The molecule has 0 saturated carbocycles. The summed E-state index contributed by atoms with van der Waals surface area (Å²) in [5.41, 5.74) is 1.55. The Morgan fingerprint density at radius 1 is 1.12 bits per heavy atom. The van der Waals surface area contributed by atoms with Gasteiger partial charge in [-0.1, -0.05) is 30.3 Å². The molecule has 8 heteroatoms. The molecule has 0 saturated heterocycles. The fourth-order valence-electron chi connectivity index (χ4n) is 2.31. The fourth-order valence-corrected chi connectivity index (χ4v) is 3.17. The summed E-state index contributed by atoms with van der Waals surface area (Å²) in [7, 11) is -3.69. The summed E-state index contributed by atoms with van der Waals surface area (Å²) < 4.78 is 23.4. The van der Waals surface area contributed by atoms with E-state index in [1.165, 1.54) is 18.2 Å². The highest BCUT2D eigenvalue weighted by molar-refractivity contribution is 7.90. The lowest BCUT2D eigenvalue weighted by molar-refractivity contribution is -0.386. The van der Waals surface area contributed by atoms with E-state index in [4.69, 9.17) is 5.11 Å². The molecule has 0 aliphatic heterocycles. The van der Waals surface area contributed by atoms with E-state index in [9.17, 15) is 18.5 Å². The van der Waals surface area contributed by atoms with Crippen LogP contribution in [0.15, 0.2) is 47.4 Å². The largest absolute Gasteiger partial charge is 0.392 e. The number of aliphatic hydroxyl groups excluding tert-OH is 1. The van der Waals surface area contributed by atoms with Crippen molar-refractivity contribution in [2.45, 2.75) is 17.9 Å². The summed E-state index contributed by atoms with van der Waals surface area (Å²) in [5.74, 6) is 0. The highest BCUT2D eigenvalue weighted by atomic mass is 32.2. The van der Waals surface area contributed by atoms with Crippen LogP contribution >= 0.6 is 0 Å². The van der Waals surface area contributed by atoms with Gasteiger partial charge in [0.1, 0.15) is 10.6 Å². The van der Waals surface area contributed by atoms with E-state index < -0.39 is 20.4 Å². The number of rotatable bonds is 7. The van der Waals surface area contributed by atoms with E-state index in [1.54, 1.807) is 0 Å². The standard InChI is InChI=1S/C16H18N2O5S/c1-24(22,23)15-4-2-3-14(16(15)18(20)21)17-10-9-12-5-7-13(11-19)8-6-12/h2-8,17,19H,9-11H2,1H3. The average molecular weight is 350 g/mol. The summed E-state index contributed by atoms with van der Waals surface area (Å²) in [6, 6.07) is 11.5. The van der Waals surface area contributed by atoms with E-state index in [2.05, 4.69) is 5.32 Å².